The molecule has 0 aliphatic carbocycles. The van der Waals surface area contributed by atoms with E-state index in [1.54, 1.807) is 0 Å². The normalized spacial score (nSPS) is 34.3. The second-order valence-electron chi connectivity index (χ2n) is 4.55. The van der Waals surface area contributed by atoms with Crippen LogP contribution in [0.2, 0.25) is 0 Å². The minimum Gasteiger partial charge on any atom is -0.378 e. The fourth-order valence-electron chi connectivity index (χ4n) is 2.44. The predicted octanol–water partition coefficient (Wildman–Crippen LogP) is 2.90. The van der Waals surface area contributed by atoms with Gasteiger partial charge < -0.3 is 9.47 Å². The first-order valence-electron chi connectivity index (χ1n) is 6.18. The minimum absolute atomic E-state index is 0.536. The van der Waals surface area contributed by atoms with Crippen molar-refractivity contribution >= 4 is 0 Å². The Hall–Kier alpha value is -0.0800. The number of ether oxygens (including phenoxy) is 2. The summed E-state index contributed by atoms with van der Waals surface area (Å²) in [5.41, 5.74) is 0. The van der Waals surface area contributed by atoms with Crippen molar-refractivity contribution in [2.24, 2.45) is 0 Å². The lowest BCUT2D eigenvalue weighted by atomic mass is 9.99. The molecule has 2 atom stereocenters. The maximum Gasteiger partial charge on any atom is 0.0576 e. The maximum absolute atomic E-state index is 5.71. The third kappa shape index (κ3) is 3.25. The minimum atomic E-state index is 0.536. The van der Waals surface area contributed by atoms with Crippen molar-refractivity contribution in [3.8, 4) is 0 Å². The fraction of sp³-hybridized carbons (Fsp3) is 1.00. The van der Waals surface area contributed by atoms with Gasteiger partial charge in [0.1, 0.15) is 0 Å². The van der Waals surface area contributed by atoms with Gasteiger partial charge in [0, 0.05) is 13.2 Å². The predicted molar refractivity (Wildman–Crippen MR) is 56.4 cm³/mol. The Morgan fingerprint density at radius 2 is 1.21 bits per heavy atom. The summed E-state index contributed by atoms with van der Waals surface area (Å²) >= 11 is 0. The quantitative estimate of drug-likeness (QED) is 0.694. The van der Waals surface area contributed by atoms with E-state index < -0.39 is 0 Å². The van der Waals surface area contributed by atoms with Crippen molar-refractivity contribution in [2.75, 3.05) is 13.2 Å². The summed E-state index contributed by atoms with van der Waals surface area (Å²) in [4.78, 5) is 0. The van der Waals surface area contributed by atoms with Crippen molar-refractivity contribution < 1.29 is 9.47 Å². The zero-order valence-electron chi connectivity index (χ0n) is 9.04. The van der Waals surface area contributed by atoms with Crippen LogP contribution < -0.4 is 0 Å². The molecule has 2 nitrogen and oxygen atoms in total. The van der Waals surface area contributed by atoms with Gasteiger partial charge in [0.15, 0.2) is 0 Å². The second-order valence-corrected chi connectivity index (χ2v) is 4.55. The lowest BCUT2D eigenvalue weighted by molar-refractivity contribution is -0.0222. The zero-order chi connectivity index (χ0) is 9.64. The summed E-state index contributed by atoms with van der Waals surface area (Å²) < 4.78 is 11.4. The van der Waals surface area contributed by atoms with E-state index in [9.17, 15) is 0 Å². The lowest BCUT2D eigenvalue weighted by Gasteiger charge is -2.26. The molecule has 2 heteroatoms. The van der Waals surface area contributed by atoms with E-state index in [0.717, 1.165) is 13.2 Å². The lowest BCUT2D eigenvalue weighted by Crippen LogP contribution is -2.24. The van der Waals surface area contributed by atoms with Crippen LogP contribution in [0.25, 0.3) is 0 Å². The third-order valence-electron chi connectivity index (χ3n) is 3.36. The Kier molecular flexibility index (Phi) is 4.26. The van der Waals surface area contributed by atoms with E-state index in [1.807, 2.05) is 0 Å². The molecular weight excluding hydrogens is 176 g/mol. The molecule has 0 N–H and O–H groups in total. The van der Waals surface area contributed by atoms with E-state index in [-0.39, 0.29) is 0 Å². The summed E-state index contributed by atoms with van der Waals surface area (Å²) in [6, 6.07) is 0. The van der Waals surface area contributed by atoms with Crippen molar-refractivity contribution in [1.29, 1.82) is 0 Å². The van der Waals surface area contributed by atoms with Gasteiger partial charge in [-0.15, -0.1) is 0 Å². The largest absolute Gasteiger partial charge is 0.378 e. The van der Waals surface area contributed by atoms with Crippen LogP contribution in [0.4, 0.5) is 0 Å². The molecule has 0 aromatic carbocycles. The van der Waals surface area contributed by atoms with Gasteiger partial charge in [-0.3, -0.25) is 0 Å². The molecule has 14 heavy (non-hydrogen) atoms. The molecule has 2 aliphatic heterocycles. The number of rotatable bonds is 3. The van der Waals surface area contributed by atoms with Gasteiger partial charge >= 0.3 is 0 Å². The smallest absolute Gasteiger partial charge is 0.0576 e. The summed E-state index contributed by atoms with van der Waals surface area (Å²) in [6.45, 7) is 1.96. The molecular formula is C12H22O2. The van der Waals surface area contributed by atoms with E-state index in [0.29, 0.717) is 12.2 Å². The Bertz CT molecular complexity index is 128. The van der Waals surface area contributed by atoms with Gasteiger partial charge in [-0.2, -0.15) is 0 Å². The standard InChI is InChI=1S/C12H22O2/c1-3-9-13-11(5-1)7-8-12-6-2-4-10-14-12/h11-12H,1-10H2. The molecule has 0 amide bonds. The van der Waals surface area contributed by atoms with Crippen LogP contribution >= 0.6 is 0 Å². The highest BCUT2D eigenvalue weighted by molar-refractivity contribution is 4.69. The van der Waals surface area contributed by atoms with E-state index in [1.165, 1.54) is 51.4 Å². The number of hydrogen-bond donors (Lipinski definition) is 0. The monoisotopic (exact) mass is 198 g/mol. The average molecular weight is 198 g/mol. The molecule has 2 saturated heterocycles. The highest BCUT2D eigenvalue weighted by Gasteiger charge is 2.18. The van der Waals surface area contributed by atoms with E-state index in [4.69, 9.17) is 9.47 Å². The van der Waals surface area contributed by atoms with Gasteiger partial charge in [-0.05, 0) is 51.4 Å². The van der Waals surface area contributed by atoms with Crippen LogP contribution in [0.3, 0.4) is 0 Å². The molecule has 2 unspecified atom stereocenters. The van der Waals surface area contributed by atoms with Crippen molar-refractivity contribution in [2.45, 2.75) is 63.6 Å². The molecule has 0 bridgehead atoms. The molecule has 2 heterocycles. The van der Waals surface area contributed by atoms with Crippen LogP contribution in [0.15, 0.2) is 0 Å². The van der Waals surface area contributed by atoms with Gasteiger partial charge in [-0.1, -0.05) is 0 Å². The Labute approximate surface area is 87.0 Å². The zero-order valence-corrected chi connectivity index (χ0v) is 9.04. The maximum atomic E-state index is 5.71. The van der Waals surface area contributed by atoms with Gasteiger partial charge in [0.05, 0.1) is 12.2 Å². The topological polar surface area (TPSA) is 18.5 Å². The molecule has 2 rings (SSSR count). The Morgan fingerprint density at radius 3 is 1.57 bits per heavy atom. The van der Waals surface area contributed by atoms with Gasteiger partial charge in [0.2, 0.25) is 0 Å². The molecule has 0 spiro atoms. The van der Waals surface area contributed by atoms with Gasteiger partial charge in [0.25, 0.3) is 0 Å². The average Bonchev–Trinajstić information content (AvgIpc) is 2.29. The summed E-state index contributed by atoms with van der Waals surface area (Å²) in [7, 11) is 0. The summed E-state index contributed by atoms with van der Waals surface area (Å²) in [6.07, 6.45) is 11.3. The van der Waals surface area contributed by atoms with Crippen molar-refractivity contribution in [3.05, 3.63) is 0 Å². The first-order chi connectivity index (χ1) is 6.95. The van der Waals surface area contributed by atoms with Crippen LogP contribution in [0, 0.1) is 0 Å². The highest BCUT2D eigenvalue weighted by atomic mass is 16.5. The van der Waals surface area contributed by atoms with Gasteiger partial charge in [-0.25, -0.2) is 0 Å². The molecule has 0 aromatic rings. The fourth-order valence-corrected chi connectivity index (χ4v) is 2.44. The van der Waals surface area contributed by atoms with Crippen LogP contribution in [-0.4, -0.2) is 25.4 Å². The number of hydrogen-bond acceptors (Lipinski definition) is 2. The summed E-state index contributed by atoms with van der Waals surface area (Å²) in [5, 5.41) is 0. The van der Waals surface area contributed by atoms with Crippen LogP contribution in [0.5, 0.6) is 0 Å². The van der Waals surface area contributed by atoms with E-state index >= 15 is 0 Å². The molecule has 2 fully saturated rings. The Morgan fingerprint density at radius 1 is 0.714 bits per heavy atom. The van der Waals surface area contributed by atoms with Crippen LogP contribution in [0.1, 0.15) is 51.4 Å². The molecule has 0 aromatic heterocycles. The summed E-state index contributed by atoms with van der Waals surface area (Å²) in [5.74, 6) is 0. The molecule has 0 saturated carbocycles. The first-order valence-corrected chi connectivity index (χ1v) is 6.18. The molecule has 82 valence electrons. The first kappa shape index (κ1) is 10.4. The highest BCUT2D eigenvalue weighted by Crippen LogP contribution is 2.22. The SMILES string of the molecule is C1CCC(CCC2CCCCO2)OC1. The van der Waals surface area contributed by atoms with Crippen molar-refractivity contribution in [3.63, 3.8) is 0 Å². The molecule has 0 radical (unpaired) electrons. The van der Waals surface area contributed by atoms with E-state index in [2.05, 4.69) is 0 Å². The molecule has 2 aliphatic rings. The second kappa shape index (κ2) is 5.72. The van der Waals surface area contributed by atoms with Crippen LogP contribution in [-0.2, 0) is 9.47 Å². The Balaban J connectivity index is 1.60. The third-order valence-corrected chi connectivity index (χ3v) is 3.36. The van der Waals surface area contributed by atoms with Crippen molar-refractivity contribution in [1.82, 2.24) is 0 Å².